The van der Waals surface area contributed by atoms with Crippen LogP contribution in [0.2, 0.25) is 0 Å². The molecule has 123 heavy (non-hydrogen) atoms. The minimum absolute atomic E-state index is 0.275. The minimum Gasteiger partial charge on any atom is -0.497 e. The van der Waals surface area contributed by atoms with Crippen LogP contribution in [0.4, 0.5) is 0 Å². The van der Waals surface area contributed by atoms with E-state index in [0.717, 1.165) is 116 Å². The molecule has 8 aromatic rings. The summed E-state index contributed by atoms with van der Waals surface area (Å²) in [6.45, 7) is 27.0. The van der Waals surface area contributed by atoms with Crippen LogP contribution in [0.15, 0.2) is 174 Å². The molecule has 0 bridgehead atoms. The predicted molar refractivity (Wildman–Crippen MR) is 499 cm³/mol. The maximum atomic E-state index is 5.92. The topological polar surface area (TPSA) is 189 Å². The average Bonchev–Trinajstić information content (AvgIpc) is 1.07. The molecule has 0 saturated heterocycles. The Labute approximate surface area is 742 Å². The number of methoxy groups -OCH3 is 7. The van der Waals surface area contributed by atoms with E-state index in [-0.39, 0.29) is 25.2 Å². The van der Waals surface area contributed by atoms with Gasteiger partial charge in [-0.05, 0) is 107 Å². The van der Waals surface area contributed by atoms with Crippen molar-refractivity contribution < 1.29 is 94.4 Å². The molecule has 6 unspecified atom stereocenters. The molecule has 1 heterocycles. The van der Waals surface area contributed by atoms with Crippen LogP contribution in [0.1, 0.15) is 262 Å². The van der Waals surface area contributed by atoms with E-state index in [1.165, 1.54) is 144 Å². The van der Waals surface area contributed by atoms with Crippen molar-refractivity contribution in [2.24, 2.45) is 5.92 Å². The molecule has 0 radical (unpaired) electrons. The summed E-state index contributed by atoms with van der Waals surface area (Å²) in [5, 5.41) is 7.11. The van der Waals surface area contributed by atoms with E-state index in [2.05, 4.69) is 127 Å². The van der Waals surface area contributed by atoms with Gasteiger partial charge in [-0.15, -0.1) is 0 Å². The summed E-state index contributed by atoms with van der Waals surface area (Å²) in [7, 11) is 11.6. The lowest BCUT2D eigenvalue weighted by Crippen LogP contribution is -2.14. The predicted octanol–water partition coefficient (Wildman–Crippen LogP) is 25.6. The Hall–Kier alpha value is -6.32. The Balaban J connectivity index is 0.000000384. The number of benzene rings is 7. The highest BCUT2D eigenvalue weighted by Gasteiger charge is 2.18. The third-order valence-electron chi connectivity index (χ3n) is 19.9. The summed E-state index contributed by atoms with van der Waals surface area (Å²) in [4.78, 5) is 0. The Bertz CT molecular complexity index is 3580. The maximum absolute atomic E-state index is 5.92. The van der Waals surface area contributed by atoms with Crippen molar-refractivity contribution in [1.82, 2.24) is 0 Å². The maximum Gasteiger partial charge on any atom is 0.216 e. The zero-order valence-corrected chi connectivity index (χ0v) is 78.2. The van der Waals surface area contributed by atoms with Crippen molar-refractivity contribution in [3.63, 3.8) is 0 Å². The summed E-state index contributed by atoms with van der Waals surface area (Å²) in [5.41, 5.74) is 4.12. The van der Waals surface area contributed by atoms with Crippen LogP contribution < -0.4 is 4.74 Å². The fourth-order valence-corrected chi connectivity index (χ4v) is 13.2. The largest absolute Gasteiger partial charge is 0.497 e. The van der Waals surface area contributed by atoms with Gasteiger partial charge in [0.1, 0.15) is 12.5 Å². The summed E-state index contributed by atoms with van der Waals surface area (Å²) >= 11 is 0. The first-order valence-electron chi connectivity index (χ1n) is 45.9. The highest BCUT2D eigenvalue weighted by molar-refractivity contribution is 5.87. The van der Waals surface area contributed by atoms with Gasteiger partial charge >= 0.3 is 0 Å². The van der Waals surface area contributed by atoms with Gasteiger partial charge < -0.3 is 94.4 Å². The zero-order chi connectivity index (χ0) is 88.7. The van der Waals surface area contributed by atoms with E-state index in [4.69, 9.17) is 94.4 Å². The second-order valence-corrected chi connectivity index (χ2v) is 30.1. The Morgan fingerprint density at radius 1 is 0.268 bits per heavy atom. The second kappa shape index (κ2) is 79.1. The molecule has 20 heteroatoms. The van der Waals surface area contributed by atoms with Crippen LogP contribution in [0.5, 0.6) is 5.75 Å². The number of ether oxygens (including phenoxy) is 19. The standard InChI is InChI=1S/C21H30O5.C19H26O4.C19H26O2.C15H26O3.C15H32O2.C14H22O4/c1-3-11-23-12-13-24-14-15-25-16-17-26-21(22-2)20-10-6-8-18-7-4-5-9-19(18)20;1-3-11-21-12-13-22-14-15-23-19(20-2)18-10-6-8-16-7-4-5-9-17(16)18;1-4-7-15(2)12-13-21-19(20-3)18-11-10-16-8-5-6-9-17(16)14-18;1-3-4-5-6-7-8-9-12-18-15(16-2)14-11-10-13-17-14;1-3-4-5-6-7-8-9-10-11-12-13-14-17-15-16-2;1-4-9-17-10-11-18-14(16-3)12-5-7-13(15-2)8-6-12/h4-10,21H,3,11-17H2,1-2H3;4-10,19H,3,11-15H2,1-2H3;5-6,8-11,14-15,19H,4,7,12-13H2,1-3H3;10-11,13,15H,3-9,12H2,1-2H3;3-15H2,1-2H3;5-8,14H,4,9-11H2,1-3H3. The number of furan rings is 1. The quantitative estimate of drug-likeness (QED) is 0.0258. The molecule has 0 N–H and O–H groups in total. The lowest BCUT2D eigenvalue weighted by Gasteiger charge is -2.18. The molecular formula is C103H162O20. The van der Waals surface area contributed by atoms with Gasteiger partial charge in [0.25, 0.3) is 0 Å². The number of fused-ring (bicyclic) bond motifs is 3. The van der Waals surface area contributed by atoms with Crippen molar-refractivity contribution in [2.45, 2.75) is 234 Å². The normalized spacial score (nSPS) is 12.6. The third kappa shape index (κ3) is 53.2. The molecule has 20 nitrogen and oxygen atoms in total. The smallest absolute Gasteiger partial charge is 0.216 e. The van der Waals surface area contributed by atoms with Gasteiger partial charge in [-0.1, -0.05) is 298 Å². The van der Waals surface area contributed by atoms with Crippen molar-refractivity contribution in [2.75, 3.05) is 175 Å². The molecule has 1 aromatic heterocycles. The Kier molecular flexibility index (Phi) is 71.3. The van der Waals surface area contributed by atoms with Crippen molar-refractivity contribution in [3.8, 4) is 5.75 Å². The number of hydrogen-bond donors (Lipinski definition) is 0. The third-order valence-corrected chi connectivity index (χ3v) is 19.9. The van der Waals surface area contributed by atoms with E-state index in [1.807, 2.05) is 84.9 Å². The lowest BCUT2D eigenvalue weighted by molar-refractivity contribution is -0.139. The van der Waals surface area contributed by atoms with Gasteiger partial charge in [0.2, 0.25) is 6.29 Å². The van der Waals surface area contributed by atoms with E-state index in [9.17, 15) is 0 Å². The van der Waals surface area contributed by atoms with Crippen LogP contribution in [-0.2, 0) is 85.3 Å². The first kappa shape index (κ1) is 111. The summed E-state index contributed by atoms with van der Waals surface area (Å²) in [6.07, 6.45) is 30.7. The molecule has 0 amide bonds. The molecular weight excluding hydrogens is 1560 g/mol. The number of unbranched alkanes of at least 4 members (excludes halogenated alkanes) is 16. The molecule has 0 saturated carbocycles. The molecule has 0 fully saturated rings. The monoisotopic (exact) mass is 1720 g/mol. The summed E-state index contributed by atoms with van der Waals surface area (Å²) in [5.74, 6) is 2.27. The van der Waals surface area contributed by atoms with Crippen LogP contribution in [-0.4, -0.2) is 175 Å². The number of hydrogen-bond acceptors (Lipinski definition) is 20. The SMILES string of the molecule is CCCC(C)CCOC(OC)c1ccc2ccccc2c1.CCCCCCCCCCCCCOCOC.CCCCCCCCCOC(OC)c1ccco1.CCCOCCOC(OC)c1ccc(OC)cc1.CCCOCCOCCOC(OC)c1cccc2ccccc12.CCCOCCOCCOCCOC(OC)c1cccc2ccccc12. The van der Waals surface area contributed by atoms with Crippen LogP contribution in [0.3, 0.4) is 0 Å². The van der Waals surface area contributed by atoms with Crippen molar-refractivity contribution in [3.05, 3.63) is 198 Å². The molecule has 0 spiro atoms. The second-order valence-electron chi connectivity index (χ2n) is 30.1. The number of rotatable bonds is 67. The van der Waals surface area contributed by atoms with Gasteiger partial charge in [-0.3, -0.25) is 0 Å². The van der Waals surface area contributed by atoms with Gasteiger partial charge in [0.05, 0.1) is 106 Å². The Morgan fingerprint density at radius 3 is 1.08 bits per heavy atom. The first-order valence-corrected chi connectivity index (χ1v) is 45.9. The van der Waals surface area contributed by atoms with Gasteiger partial charge in [-0.2, -0.15) is 0 Å². The fraction of sp³-hybridized carbons (Fsp3) is 0.612. The van der Waals surface area contributed by atoms with Crippen LogP contribution >= 0.6 is 0 Å². The highest BCUT2D eigenvalue weighted by atomic mass is 16.7. The molecule has 8 rings (SSSR count). The van der Waals surface area contributed by atoms with Crippen molar-refractivity contribution in [1.29, 1.82) is 0 Å². The summed E-state index contributed by atoms with van der Waals surface area (Å²) in [6, 6.07) is 54.8. The van der Waals surface area contributed by atoms with Crippen LogP contribution in [0, 0.1) is 5.92 Å². The van der Waals surface area contributed by atoms with E-state index >= 15 is 0 Å². The van der Waals surface area contributed by atoms with Crippen LogP contribution in [0.25, 0.3) is 32.3 Å². The van der Waals surface area contributed by atoms with Crippen molar-refractivity contribution >= 4 is 32.3 Å². The Morgan fingerprint density at radius 2 is 0.650 bits per heavy atom. The zero-order valence-electron chi connectivity index (χ0n) is 78.2. The van der Waals surface area contributed by atoms with Gasteiger partial charge in [-0.25, -0.2) is 0 Å². The lowest BCUT2D eigenvalue weighted by atomic mass is 10.0. The average molecular weight is 1720 g/mol. The first-order chi connectivity index (χ1) is 60.6. The van der Waals surface area contributed by atoms with Gasteiger partial charge in [0.15, 0.2) is 30.9 Å². The highest BCUT2D eigenvalue weighted by Crippen LogP contribution is 2.31. The molecule has 0 aliphatic rings. The minimum atomic E-state index is -0.406. The molecule has 0 aliphatic carbocycles. The van der Waals surface area contributed by atoms with E-state index in [1.54, 1.807) is 56.0 Å². The van der Waals surface area contributed by atoms with E-state index < -0.39 is 6.29 Å². The molecule has 7 aromatic carbocycles. The van der Waals surface area contributed by atoms with E-state index in [0.29, 0.717) is 92.0 Å². The molecule has 6 atom stereocenters. The molecule has 694 valence electrons. The molecule has 0 aliphatic heterocycles. The summed E-state index contributed by atoms with van der Waals surface area (Å²) < 4.78 is 109. The van der Waals surface area contributed by atoms with Gasteiger partial charge in [0, 0.05) is 91.3 Å². The fourth-order valence-electron chi connectivity index (χ4n) is 13.2.